The van der Waals surface area contributed by atoms with Crippen molar-refractivity contribution in [2.75, 3.05) is 5.32 Å². The number of carbonyl (C=O) groups is 2. The number of aromatic carboxylic acids is 1. The van der Waals surface area contributed by atoms with Crippen molar-refractivity contribution in [2.24, 2.45) is 0 Å². The van der Waals surface area contributed by atoms with Crippen molar-refractivity contribution in [2.45, 2.75) is 19.8 Å². The van der Waals surface area contributed by atoms with E-state index in [1.54, 1.807) is 37.3 Å². The van der Waals surface area contributed by atoms with Crippen LogP contribution in [0, 0.1) is 6.92 Å². The number of Topliss-reactive ketones (excluding diaryl/α,β-unsaturated/α-hetero) is 1. The Bertz CT molecular complexity index is 1020. The average Bonchev–Trinajstić information content (AvgIpc) is 2.67. The number of carboxylic acid groups (broad SMARTS) is 1. The Morgan fingerprint density at radius 3 is 2.36 bits per heavy atom. The van der Waals surface area contributed by atoms with Crippen LogP contribution in [0.25, 0.3) is 0 Å². The van der Waals surface area contributed by atoms with Crippen LogP contribution in [-0.4, -0.2) is 16.9 Å². The highest BCUT2D eigenvalue weighted by Gasteiger charge is 2.14. The molecular weight excluding hydrogens is 374 g/mol. The van der Waals surface area contributed by atoms with Crippen molar-refractivity contribution in [1.82, 2.24) is 0 Å². The lowest BCUT2D eigenvalue weighted by Crippen LogP contribution is -2.06. The van der Waals surface area contributed by atoms with E-state index in [0.717, 1.165) is 11.3 Å². The van der Waals surface area contributed by atoms with E-state index >= 15 is 0 Å². The number of hydrogen-bond acceptors (Lipinski definition) is 3. The molecule has 0 bridgehead atoms. The van der Waals surface area contributed by atoms with Crippen LogP contribution >= 0.6 is 11.6 Å². The second kappa shape index (κ2) is 8.72. The molecule has 0 fully saturated rings. The van der Waals surface area contributed by atoms with E-state index in [-0.39, 0.29) is 11.3 Å². The minimum absolute atomic E-state index is 0.00457. The summed E-state index contributed by atoms with van der Waals surface area (Å²) in [6.07, 6.45) is 0.851. The molecule has 0 aliphatic carbocycles. The van der Waals surface area contributed by atoms with E-state index in [4.69, 9.17) is 16.7 Å². The van der Waals surface area contributed by atoms with Crippen LogP contribution in [-0.2, 0) is 6.42 Å². The van der Waals surface area contributed by atoms with Gasteiger partial charge in [0.1, 0.15) is 0 Å². The van der Waals surface area contributed by atoms with Crippen LogP contribution in [0.2, 0.25) is 5.02 Å². The fourth-order valence-corrected chi connectivity index (χ4v) is 3.23. The van der Waals surface area contributed by atoms with Crippen molar-refractivity contribution >= 4 is 34.7 Å². The molecule has 142 valence electrons. The van der Waals surface area contributed by atoms with E-state index < -0.39 is 5.97 Å². The number of anilines is 2. The Morgan fingerprint density at radius 2 is 1.68 bits per heavy atom. The SMILES string of the molecule is Cc1cc(CCC(=O)c2ccc(Cl)cc2Nc2ccccc2)ccc1C(=O)O. The number of carboxylic acids is 1. The van der Waals surface area contributed by atoms with Gasteiger partial charge in [-0.05, 0) is 60.9 Å². The average molecular weight is 394 g/mol. The first-order chi connectivity index (χ1) is 13.4. The first kappa shape index (κ1) is 19.6. The smallest absolute Gasteiger partial charge is 0.335 e. The van der Waals surface area contributed by atoms with Crippen LogP contribution in [0.3, 0.4) is 0 Å². The standard InChI is InChI=1S/C23H20ClNO3/c1-15-13-16(7-10-19(15)23(27)28)8-12-22(26)20-11-9-17(24)14-21(20)25-18-5-3-2-4-6-18/h2-7,9-11,13-14,25H,8,12H2,1H3,(H,27,28). The third kappa shape index (κ3) is 4.78. The third-order valence-electron chi connectivity index (χ3n) is 4.50. The second-order valence-electron chi connectivity index (χ2n) is 6.56. The summed E-state index contributed by atoms with van der Waals surface area (Å²) in [6, 6.07) is 19.9. The molecule has 0 saturated carbocycles. The van der Waals surface area contributed by atoms with Gasteiger partial charge in [0.15, 0.2) is 5.78 Å². The van der Waals surface area contributed by atoms with Crippen LogP contribution in [0.5, 0.6) is 0 Å². The molecule has 3 rings (SSSR count). The maximum absolute atomic E-state index is 12.8. The third-order valence-corrected chi connectivity index (χ3v) is 4.73. The van der Waals surface area contributed by atoms with Crippen molar-refractivity contribution in [1.29, 1.82) is 0 Å². The van der Waals surface area contributed by atoms with E-state index in [9.17, 15) is 9.59 Å². The van der Waals surface area contributed by atoms with E-state index in [1.165, 1.54) is 0 Å². The van der Waals surface area contributed by atoms with Gasteiger partial charge in [-0.2, -0.15) is 0 Å². The predicted molar refractivity (Wildman–Crippen MR) is 112 cm³/mol. The maximum atomic E-state index is 12.8. The molecule has 0 amide bonds. The zero-order valence-corrected chi connectivity index (χ0v) is 16.2. The summed E-state index contributed by atoms with van der Waals surface area (Å²) >= 11 is 6.12. The molecule has 0 aliphatic heterocycles. The van der Waals surface area contributed by atoms with Gasteiger partial charge in [0.05, 0.1) is 11.3 Å². The summed E-state index contributed by atoms with van der Waals surface area (Å²) in [4.78, 5) is 24.0. The molecule has 0 aromatic heterocycles. The van der Waals surface area contributed by atoms with Gasteiger partial charge < -0.3 is 10.4 Å². The fraction of sp³-hybridized carbons (Fsp3) is 0.130. The topological polar surface area (TPSA) is 66.4 Å². The Labute approximate surface area is 168 Å². The number of benzene rings is 3. The second-order valence-corrected chi connectivity index (χ2v) is 6.99. The molecule has 0 radical (unpaired) electrons. The summed E-state index contributed by atoms with van der Waals surface area (Å²) in [5.74, 6) is -0.951. The maximum Gasteiger partial charge on any atom is 0.335 e. The van der Waals surface area contributed by atoms with Gasteiger partial charge in [0, 0.05) is 22.7 Å². The highest BCUT2D eigenvalue weighted by Crippen LogP contribution is 2.26. The summed E-state index contributed by atoms with van der Waals surface area (Å²) in [5.41, 5.74) is 4.02. The highest BCUT2D eigenvalue weighted by molar-refractivity contribution is 6.31. The van der Waals surface area contributed by atoms with Gasteiger partial charge in [0.2, 0.25) is 0 Å². The van der Waals surface area contributed by atoms with Crippen molar-refractivity contribution < 1.29 is 14.7 Å². The summed E-state index contributed by atoms with van der Waals surface area (Å²) in [5, 5.41) is 12.9. The van der Waals surface area contributed by atoms with Gasteiger partial charge in [-0.1, -0.05) is 41.9 Å². The van der Waals surface area contributed by atoms with E-state index in [1.807, 2.05) is 36.4 Å². The van der Waals surface area contributed by atoms with Gasteiger partial charge in [-0.15, -0.1) is 0 Å². The molecule has 0 atom stereocenters. The molecule has 3 aromatic carbocycles. The summed E-state index contributed by atoms with van der Waals surface area (Å²) in [6.45, 7) is 1.76. The minimum atomic E-state index is -0.946. The van der Waals surface area contributed by atoms with Gasteiger partial charge in [0.25, 0.3) is 0 Å². The van der Waals surface area contributed by atoms with Crippen molar-refractivity contribution in [3.05, 3.63) is 94.0 Å². The zero-order valence-electron chi connectivity index (χ0n) is 15.4. The first-order valence-corrected chi connectivity index (χ1v) is 9.29. The molecular formula is C23H20ClNO3. The Hall–Kier alpha value is -3.11. The van der Waals surface area contributed by atoms with Gasteiger partial charge in [-0.25, -0.2) is 4.79 Å². The number of rotatable bonds is 7. The molecule has 5 heteroatoms. The first-order valence-electron chi connectivity index (χ1n) is 8.91. The number of carbonyl (C=O) groups excluding carboxylic acids is 1. The molecule has 0 heterocycles. The number of ketones is 1. The largest absolute Gasteiger partial charge is 0.478 e. The monoisotopic (exact) mass is 393 g/mol. The van der Waals surface area contributed by atoms with Gasteiger partial charge in [-0.3, -0.25) is 4.79 Å². The molecule has 0 saturated heterocycles. The Balaban J connectivity index is 1.76. The van der Waals surface area contributed by atoms with E-state index in [2.05, 4.69) is 5.32 Å². The lowest BCUT2D eigenvalue weighted by Gasteiger charge is -2.12. The van der Waals surface area contributed by atoms with Crippen molar-refractivity contribution in [3.63, 3.8) is 0 Å². The number of hydrogen-bond donors (Lipinski definition) is 2. The predicted octanol–water partition coefficient (Wildman–Crippen LogP) is 5.91. The molecule has 2 N–H and O–H groups in total. The molecule has 3 aromatic rings. The van der Waals surface area contributed by atoms with Crippen LogP contribution < -0.4 is 5.32 Å². The molecule has 0 unspecified atom stereocenters. The number of para-hydroxylation sites is 1. The fourth-order valence-electron chi connectivity index (χ4n) is 3.05. The Morgan fingerprint density at radius 1 is 0.964 bits per heavy atom. The summed E-state index contributed by atoms with van der Waals surface area (Å²) < 4.78 is 0. The minimum Gasteiger partial charge on any atom is -0.478 e. The quantitative estimate of drug-likeness (QED) is 0.490. The van der Waals surface area contributed by atoms with Crippen LogP contribution in [0.1, 0.15) is 38.3 Å². The van der Waals surface area contributed by atoms with E-state index in [0.29, 0.717) is 34.7 Å². The molecule has 0 aliphatic rings. The normalized spacial score (nSPS) is 10.5. The molecule has 28 heavy (non-hydrogen) atoms. The lowest BCUT2D eigenvalue weighted by molar-refractivity contribution is 0.0695. The molecule has 4 nitrogen and oxygen atoms in total. The number of halogens is 1. The Kier molecular flexibility index (Phi) is 6.12. The van der Waals surface area contributed by atoms with Crippen LogP contribution in [0.15, 0.2) is 66.7 Å². The molecule has 0 spiro atoms. The highest BCUT2D eigenvalue weighted by atomic mass is 35.5. The van der Waals surface area contributed by atoms with Crippen molar-refractivity contribution in [3.8, 4) is 0 Å². The van der Waals surface area contributed by atoms with Gasteiger partial charge >= 0.3 is 5.97 Å². The zero-order chi connectivity index (χ0) is 20.1. The number of nitrogens with one attached hydrogen (secondary N) is 1. The summed E-state index contributed by atoms with van der Waals surface area (Å²) in [7, 11) is 0. The number of aryl methyl sites for hydroxylation is 2. The van der Waals surface area contributed by atoms with Crippen LogP contribution in [0.4, 0.5) is 11.4 Å². The lowest BCUT2D eigenvalue weighted by atomic mass is 9.98.